The summed E-state index contributed by atoms with van der Waals surface area (Å²) in [6.07, 6.45) is 1.72. The molecule has 3 rings (SSSR count). The third-order valence-corrected chi connectivity index (χ3v) is 5.83. The van der Waals surface area contributed by atoms with Gasteiger partial charge in [-0.2, -0.15) is 5.10 Å². The van der Waals surface area contributed by atoms with Gasteiger partial charge in [0, 0.05) is 46.3 Å². The fourth-order valence-corrected chi connectivity index (χ4v) is 4.61. The van der Waals surface area contributed by atoms with E-state index in [0.29, 0.717) is 62.5 Å². The van der Waals surface area contributed by atoms with Crippen LogP contribution in [0.4, 0.5) is 11.5 Å². The van der Waals surface area contributed by atoms with Crippen LogP contribution in [0.15, 0.2) is 0 Å². The number of hydrogen-bond acceptors (Lipinski definition) is 6. The van der Waals surface area contributed by atoms with Crippen molar-refractivity contribution in [3.8, 4) is 0 Å². The minimum atomic E-state index is -0.324. The number of carbonyl (C=O) groups is 1. The summed E-state index contributed by atoms with van der Waals surface area (Å²) < 4.78 is 1.62. The summed E-state index contributed by atoms with van der Waals surface area (Å²) in [5.41, 5.74) is 0.638. The number of carbonyl (C=O) groups excluding carboxylic acids is 1. The lowest BCUT2D eigenvalue weighted by Gasteiger charge is -2.38. The molecular formula is C19H32N6O3. The molecule has 0 spiro atoms. The second kappa shape index (κ2) is 8.46. The van der Waals surface area contributed by atoms with Gasteiger partial charge in [0.05, 0.1) is 11.5 Å². The maximum absolute atomic E-state index is 12.7. The van der Waals surface area contributed by atoms with Crippen LogP contribution in [0, 0.1) is 22.0 Å². The lowest BCUT2D eigenvalue weighted by molar-refractivity contribution is -0.384. The molecule has 156 valence electrons. The van der Waals surface area contributed by atoms with Gasteiger partial charge in [0.1, 0.15) is 5.69 Å². The first kappa shape index (κ1) is 20.6. The zero-order valence-corrected chi connectivity index (χ0v) is 17.4. The molecule has 2 aliphatic rings. The Morgan fingerprint density at radius 1 is 1.18 bits per heavy atom. The number of nitro groups is 1. The van der Waals surface area contributed by atoms with E-state index in [1.165, 1.54) is 6.42 Å². The van der Waals surface area contributed by atoms with Crippen molar-refractivity contribution in [2.45, 2.75) is 33.6 Å². The Morgan fingerprint density at radius 2 is 1.79 bits per heavy atom. The number of hydrogen-bond donors (Lipinski definition) is 0. The first-order valence-corrected chi connectivity index (χ1v) is 10.3. The molecule has 9 heteroatoms. The van der Waals surface area contributed by atoms with Crippen molar-refractivity contribution in [1.82, 2.24) is 19.6 Å². The molecule has 0 N–H and O–H groups in total. The Hall–Kier alpha value is -2.16. The third-order valence-electron chi connectivity index (χ3n) is 5.83. The van der Waals surface area contributed by atoms with Crippen molar-refractivity contribution in [3.63, 3.8) is 0 Å². The van der Waals surface area contributed by atoms with E-state index in [0.717, 1.165) is 13.1 Å². The summed E-state index contributed by atoms with van der Waals surface area (Å²) in [6, 6.07) is 0. The van der Waals surface area contributed by atoms with Gasteiger partial charge in [0.25, 0.3) is 0 Å². The van der Waals surface area contributed by atoms with Crippen LogP contribution >= 0.6 is 0 Å². The average Bonchev–Trinajstić information content (AvgIpc) is 2.98. The van der Waals surface area contributed by atoms with Gasteiger partial charge in [-0.1, -0.05) is 20.8 Å². The first-order valence-electron chi connectivity index (χ1n) is 10.3. The molecule has 2 unspecified atom stereocenters. The quantitative estimate of drug-likeness (QED) is 0.558. The molecule has 0 aliphatic carbocycles. The van der Waals surface area contributed by atoms with Crippen molar-refractivity contribution in [2.75, 3.05) is 50.7 Å². The van der Waals surface area contributed by atoms with E-state index < -0.39 is 0 Å². The van der Waals surface area contributed by atoms with Gasteiger partial charge in [0.15, 0.2) is 0 Å². The summed E-state index contributed by atoms with van der Waals surface area (Å²) >= 11 is 0. The molecule has 1 amide bonds. The van der Waals surface area contributed by atoms with Crippen LogP contribution in [0.5, 0.6) is 0 Å². The van der Waals surface area contributed by atoms with Crippen LogP contribution in [-0.4, -0.2) is 76.2 Å². The van der Waals surface area contributed by atoms with Crippen LogP contribution in [0.2, 0.25) is 0 Å². The van der Waals surface area contributed by atoms with Crippen molar-refractivity contribution >= 4 is 17.4 Å². The zero-order chi connectivity index (χ0) is 20.4. The molecule has 1 aromatic rings. The number of nitrogens with zero attached hydrogens (tertiary/aromatic N) is 6. The van der Waals surface area contributed by atoms with Gasteiger partial charge in [-0.05, 0) is 24.7 Å². The lowest BCUT2D eigenvalue weighted by Crippen LogP contribution is -2.52. The highest BCUT2D eigenvalue weighted by Gasteiger charge is 2.32. The van der Waals surface area contributed by atoms with Gasteiger partial charge >= 0.3 is 5.69 Å². The van der Waals surface area contributed by atoms with Gasteiger partial charge < -0.3 is 9.80 Å². The molecule has 0 radical (unpaired) electrons. The van der Waals surface area contributed by atoms with Gasteiger partial charge in [0.2, 0.25) is 11.7 Å². The highest BCUT2D eigenvalue weighted by Crippen LogP contribution is 2.32. The van der Waals surface area contributed by atoms with Crippen molar-refractivity contribution in [1.29, 1.82) is 0 Å². The zero-order valence-electron chi connectivity index (χ0n) is 17.4. The SMILES string of the molecule is CCc1nn(C)c(N2CCN(CC(=O)N3CC(C)CC(C)C3)CC2)c1[N+](=O)[O-]. The van der Waals surface area contributed by atoms with E-state index in [4.69, 9.17) is 0 Å². The van der Waals surface area contributed by atoms with E-state index in [2.05, 4.69) is 23.8 Å². The van der Waals surface area contributed by atoms with E-state index in [1.54, 1.807) is 11.7 Å². The molecule has 2 saturated heterocycles. The summed E-state index contributed by atoms with van der Waals surface area (Å²) in [5, 5.41) is 15.9. The molecule has 0 saturated carbocycles. The minimum Gasteiger partial charge on any atom is -0.349 e. The van der Waals surface area contributed by atoms with Crippen LogP contribution in [0.1, 0.15) is 32.9 Å². The number of piperidine rings is 1. The van der Waals surface area contributed by atoms with E-state index in [9.17, 15) is 14.9 Å². The van der Waals surface area contributed by atoms with Crippen molar-refractivity contribution < 1.29 is 9.72 Å². The Balaban J connectivity index is 1.60. The van der Waals surface area contributed by atoms with Gasteiger partial charge in [-0.3, -0.25) is 19.8 Å². The molecule has 0 aromatic carbocycles. The normalized spacial score (nSPS) is 23.9. The average molecular weight is 393 g/mol. The number of aryl methyl sites for hydroxylation is 2. The standard InChI is InChI=1S/C19H32N6O3/c1-5-16-18(25(27)28)19(21(4)20-16)23-8-6-22(7-9-23)13-17(26)24-11-14(2)10-15(3)12-24/h14-15H,5-13H2,1-4H3. The van der Waals surface area contributed by atoms with Gasteiger partial charge in [-0.25, -0.2) is 4.68 Å². The number of piperazine rings is 1. The van der Waals surface area contributed by atoms with Crippen LogP contribution < -0.4 is 4.90 Å². The molecule has 9 nitrogen and oxygen atoms in total. The summed E-state index contributed by atoms with van der Waals surface area (Å²) in [4.78, 5) is 30.1. The fourth-order valence-electron chi connectivity index (χ4n) is 4.61. The lowest BCUT2D eigenvalue weighted by atomic mass is 9.92. The summed E-state index contributed by atoms with van der Waals surface area (Å²) in [7, 11) is 1.76. The topological polar surface area (TPSA) is 87.8 Å². The number of amides is 1. The number of rotatable bonds is 5. The van der Waals surface area contributed by atoms with Crippen LogP contribution in [0.3, 0.4) is 0 Å². The third kappa shape index (κ3) is 4.29. The maximum Gasteiger partial charge on any atom is 0.334 e. The summed E-state index contributed by atoms with van der Waals surface area (Å²) in [6.45, 7) is 11.2. The molecule has 2 fully saturated rings. The molecule has 28 heavy (non-hydrogen) atoms. The first-order chi connectivity index (χ1) is 13.3. The Bertz CT molecular complexity index is 715. The van der Waals surface area contributed by atoms with E-state index in [-0.39, 0.29) is 16.5 Å². The molecule has 2 aliphatic heterocycles. The van der Waals surface area contributed by atoms with E-state index >= 15 is 0 Å². The van der Waals surface area contributed by atoms with Crippen LogP contribution in [0.25, 0.3) is 0 Å². The smallest absolute Gasteiger partial charge is 0.334 e. The Kier molecular flexibility index (Phi) is 6.22. The second-order valence-electron chi connectivity index (χ2n) is 8.36. The Labute approximate surface area is 166 Å². The predicted molar refractivity (Wildman–Crippen MR) is 107 cm³/mol. The Morgan fingerprint density at radius 3 is 2.32 bits per heavy atom. The van der Waals surface area contributed by atoms with Crippen molar-refractivity contribution in [3.05, 3.63) is 15.8 Å². The molecule has 2 atom stereocenters. The second-order valence-corrected chi connectivity index (χ2v) is 8.36. The van der Waals surface area contributed by atoms with E-state index in [1.807, 2.05) is 16.7 Å². The highest BCUT2D eigenvalue weighted by atomic mass is 16.6. The number of likely N-dealkylation sites (tertiary alicyclic amines) is 1. The summed E-state index contributed by atoms with van der Waals surface area (Å²) in [5.74, 6) is 1.89. The minimum absolute atomic E-state index is 0.116. The predicted octanol–water partition coefficient (Wildman–Crippen LogP) is 1.52. The molecular weight excluding hydrogens is 360 g/mol. The van der Waals surface area contributed by atoms with Crippen LogP contribution in [-0.2, 0) is 18.3 Å². The van der Waals surface area contributed by atoms with Crippen molar-refractivity contribution in [2.24, 2.45) is 18.9 Å². The number of aromatic nitrogens is 2. The fraction of sp³-hybridized carbons (Fsp3) is 0.789. The maximum atomic E-state index is 12.7. The highest BCUT2D eigenvalue weighted by molar-refractivity contribution is 5.78. The molecule has 3 heterocycles. The molecule has 1 aromatic heterocycles. The monoisotopic (exact) mass is 392 g/mol. The number of anilines is 1. The largest absolute Gasteiger partial charge is 0.349 e. The van der Waals surface area contributed by atoms with Gasteiger partial charge in [-0.15, -0.1) is 0 Å². The molecule has 0 bridgehead atoms.